The van der Waals surface area contributed by atoms with Crippen molar-refractivity contribution in [2.45, 2.75) is 26.7 Å². The van der Waals surface area contributed by atoms with E-state index in [0.717, 1.165) is 22.3 Å². The first-order valence-corrected chi connectivity index (χ1v) is 9.42. The second-order valence-corrected chi connectivity index (χ2v) is 7.26. The third-order valence-electron chi connectivity index (χ3n) is 4.69. The number of aromatic hydroxyl groups is 2. The Labute approximate surface area is 178 Å². The van der Waals surface area contributed by atoms with Crippen LogP contribution in [0.1, 0.15) is 25.0 Å². The predicted molar refractivity (Wildman–Crippen MR) is 118 cm³/mol. The average molecular weight is 414 g/mol. The largest absolute Gasteiger partial charge is 0.502 e. The molecular weight excluding hydrogens is 384 g/mol. The zero-order valence-corrected chi connectivity index (χ0v) is 18.5. The Morgan fingerprint density at radius 2 is 1.03 bits per heavy atom. The molecule has 0 saturated carbocycles. The summed E-state index contributed by atoms with van der Waals surface area (Å²) in [7, 11) is 5.89. The molecular formula is C24H30O6. The van der Waals surface area contributed by atoms with Gasteiger partial charge in [-0.3, -0.25) is 0 Å². The fraction of sp³-hybridized carbons (Fsp3) is 0.333. The van der Waals surface area contributed by atoms with Crippen molar-refractivity contribution in [3.8, 4) is 45.6 Å². The van der Waals surface area contributed by atoms with Crippen LogP contribution in [0.2, 0.25) is 0 Å². The van der Waals surface area contributed by atoms with Gasteiger partial charge in [0.25, 0.3) is 0 Å². The Morgan fingerprint density at radius 1 is 0.700 bits per heavy atom. The van der Waals surface area contributed by atoms with Crippen molar-refractivity contribution in [3.05, 3.63) is 47.6 Å². The molecule has 0 radical (unpaired) electrons. The molecule has 0 unspecified atom stereocenters. The standard InChI is InChI=1S/C24H30O6/c1-13(2)9-15-11-17(27-5)21(25)23(29-7)19(15)20-16(10-14(3)4)12-18(28-6)22(26)24(20)30-8/h11-12,25-26H,1,3,9-10H2,2,4-8H3. The van der Waals surface area contributed by atoms with E-state index >= 15 is 0 Å². The number of phenols is 2. The van der Waals surface area contributed by atoms with Crippen LogP contribution in [-0.4, -0.2) is 38.7 Å². The Hall–Kier alpha value is -3.28. The number of ether oxygens (including phenoxy) is 4. The second kappa shape index (κ2) is 9.48. The molecule has 0 aliphatic carbocycles. The van der Waals surface area contributed by atoms with E-state index in [-0.39, 0.29) is 34.5 Å². The van der Waals surface area contributed by atoms with Gasteiger partial charge in [-0.05, 0) is 49.9 Å². The monoisotopic (exact) mass is 414 g/mol. The van der Waals surface area contributed by atoms with E-state index in [0.29, 0.717) is 24.0 Å². The summed E-state index contributed by atoms with van der Waals surface area (Å²) in [5, 5.41) is 21.6. The van der Waals surface area contributed by atoms with Gasteiger partial charge in [-0.25, -0.2) is 0 Å². The highest BCUT2D eigenvalue weighted by atomic mass is 16.5. The maximum Gasteiger partial charge on any atom is 0.201 e. The first-order chi connectivity index (χ1) is 14.2. The Balaban J connectivity index is 3.07. The van der Waals surface area contributed by atoms with E-state index < -0.39 is 0 Å². The fourth-order valence-electron chi connectivity index (χ4n) is 3.54. The van der Waals surface area contributed by atoms with Crippen LogP contribution in [0.5, 0.6) is 34.5 Å². The highest BCUT2D eigenvalue weighted by Gasteiger charge is 2.28. The topological polar surface area (TPSA) is 77.4 Å². The summed E-state index contributed by atoms with van der Waals surface area (Å²) in [5.41, 5.74) is 4.60. The van der Waals surface area contributed by atoms with Crippen molar-refractivity contribution in [1.29, 1.82) is 0 Å². The molecule has 0 aliphatic heterocycles. The highest BCUT2D eigenvalue weighted by Crippen LogP contribution is 2.54. The van der Waals surface area contributed by atoms with Crippen LogP contribution in [0.3, 0.4) is 0 Å². The lowest BCUT2D eigenvalue weighted by Gasteiger charge is -2.23. The van der Waals surface area contributed by atoms with Crippen LogP contribution in [-0.2, 0) is 12.8 Å². The van der Waals surface area contributed by atoms with Gasteiger partial charge in [0.15, 0.2) is 23.0 Å². The Kier molecular flexibility index (Phi) is 7.27. The van der Waals surface area contributed by atoms with Crippen LogP contribution < -0.4 is 18.9 Å². The number of phenolic OH excluding ortho intramolecular Hbond substituents is 2. The molecule has 0 spiro atoms. The van der Waals surface area contributed by atoms with Crippen LogP contribution in [0.4, 0.5) is 0 Å². The third kappa shape index (κ3) is 4.32. The Morgan fingerprint density at radius 3 is 1.27 bits per heavy atom. The van der Waals surface area contributed by atoms with Crippen molar-refractivity contribution in [2.75, 3.05) is 28.4 Å². The quantitative estimate of drug-likeness (QED) is 0.560. The van der Waals surface area contributed by atoms with E-state index in [9.17, 15) is 10.2 Å². The summed E-state index contributed by atoms with van der Waals surface area (Å²) in [6.07, 6.45) is 1.01. The minimum Gasteiger partial charge on any atom is -0.502 e. The van der Waals surface area contributed by atoms with Crippen LogP contribution >= 0.6 is 0 Å². The molecule has 6 heteroatoms. The number of benzene rings is 2. The molecule has 0 aliphatic rings. The predicted octanol–water partition coefficient (Wildman–Crippen LogP) is 5.04. The van der Waals surface area contributed by atoms with Crippen molar-refractivity contribution in [3.63, 3.8) is 0 Å². The maximum atomic E-state index is 10.8. The van der Waals surface area contributed by atoms with E-state index in [4.69, 9.17) is 18.9 Å². The van der Waals surface area contributed by atoms with Gasteiger partial charge in [0, 0.05) is 11.1 Å². The first-order valence-electron chi connectivity index (χ1n) is 9.42. The van der Waals surface area contributed by atoms with E-state index in [1.54, 1.807) is 12.1 Å². The zero-order chi connectivity index (χ0) is 22.6. The third-order valence-corrected chi connectivity index (χ3v) is 4.69. The minimum atomic E-state index is -0.140. The molecule has 2 aromatic carbocycles. The normalized spacial score (nSPS) is 10.5. The summed E-state index contributed by atoms with van der Waals surface area (Å²) in [6, 6.07) is 3.49. The van der Waals surface area contributed by atoms with Gasteiger partial charge >= 0.3 is 0 Å². The van der Waals surface area contributed by atoms with Gasteiger partial charge in [-0.1, -0.05) is 24.3 Å². The molecule has 0 aromatic heterocycles. The number of rotatable bonds is 9. The van der Waals surface area contributed by atoms with Gasteiger partial charge in [0.2, 0.25) is 11.5 Å². The molecule has 0 saturated heterocycles. The number of methoxy groups -OCH3 is 4. The van der Waals surface area contributed by atoms with Gasteiger partial charge in [-0.2, -0.15) is 0 Å². The Bertz CT molecular complexity index is 895. The highest BCUT2D eigenvalue weighted by molar-refractivity contribution is 5.88. The van der Waals surface area contributed by atoms with Crippen molar-refractivity contribution >= 4 is 0 Å². The SMILES string of the molecule is C=C(C)Cc1cc(OC)c(O)c(OC)c1-c1c(CC(=C)C)cc(OC)c(O)c1OC. The zero-order valence-electron chi connectivity index (χ0n) is 18.5. The number of hydrogen-bond donors (Lipinski definition) is 2. The summed E-state index contributed by atoms with van der Waals surface area (Å²) in [6.45, 7) is 11.9. The van der Waals surface area contributed by atoms with Crippen LogP contribution in [0.15, 0.2) is 36.4 Å². The maximum absolute atomic E-state index is 10.8. The van der Waals surface area contributed by atoms with Crippen molar-refractivity contribution in [2.24, 2.45) is 0 Å². The van der Waals surface area contributed by atoms with Crippen LogP contribution in [0, 0.1) is 0 Å². The van der Waals surface area contributed by atoms with E-state index in [2.05, 4.69) is 13.2 Å². The molecule has 30 heavy (non-hydrogen) atoms. The van der Waals surface area contributed by atoms with Gasteiger partial charge in [0.05, 0.1) is 28.4 Å². The summed E-state index contributed by atoms with van der Waals surface area (Å²) >= 11 is 0. The van der Waals surface area contributed by atoms with Crippen molar-refractivity contribution in [1.82, 2.24) is 0 Å². The first kappa shape index (κ1) is 23.0. The lowest BCUT2D eigenvalue weighted by atomic mass is 9.88. The summed E-state index contributed by atoms with van der Waals surface area (Å²) in [5.74, 6) is 0.723. The fourth-order valence-corrected chi connectivity index (χ4v) is 3.54. The lowest BCUT2D eigenvalue weighted by Crippen LogP contribution is -2.04. The van der Waals surface area contributed by atoms with Gasteiger partial charge in [0.1, 0.15) is 0 Å². The van der Waals surface area contributed by atoms with Crippen molar-refractivity contribution < 1.29 is 29.2 Å². The lowest BCUT2D eigenvalue weighted by molar-refractivity contribution is 0.336. The molecule has 0 atom stereocenters. The molecule has 2 aromatic rings. The molecule has 6 nitrogen and oxygen atoms in total. The van der Waals surface area contributed by atoms with Crippen LogP contribution in [0.25, 0.3) is 11.1 Å². The van der Waals surface area contributed by atoms with Gasteiger partial charge in [-0.15, -0.1) is 0 Å². The van der Waals surface area contributed by atoms with E-state index in [1.807, 2.05) is 13.8 Å². The average Bonchev–Trinajstić information content (AvgIpc) is 2.68. The molecule has 0 amide bonds. The number of hydrogen-bond acceptors (Lipinski definition) is 6. The molecule has 2 rings (SSSR count). The smallest absolute Gasteiger partial charge is 0.201 e. The summed E-state index contributed by atoms with van der Waals surface area (Å²) < 4.78 is 21.9. The van der Waals surface area contributed by atoms with Gasteiger partial charge < -0.3 is 29.2 Å². The number of allylic oxidation sites excluding steroid dienone is 2. The van der Waals surface area contributed by atoms with E-state index in [1.165, 1.54) is 28.4 Å². The molecule has 162 valence electrons. The minimum absolute atomic E-state index is 0.140. The second-order valence-electron chi connectivity index (χ2n) is 7.26. The molecule has 0 bridgehead atoms. The molecule has 2 N–H and O–H groups in total. The molecule has 0 heterocycles. The summed E-state index contributed by atoms with van der Waals surface area (Å²) in [4.78, 5) is 0. The molecule has 0 fully saturated rings.